The molecule has 2 saturated heterocycles. The highest BCUT2D eigenvalue weighted by Crippen LogP contribution is 2.44. The van der Waals surface area contributed by atoms with Crippen LogP contribution in [-0.4, -0.2) is 23.3 Å². The Morgan fingerprint density at radius 3 is 2.70 bits per heavy atom. The Hall–Kier alpha value is -2.04. The summed E-state index contributed by atoms with van der Waals surface area (Å²) >= 11 is 5.84. The topological polar surface area (TPSA) is 43.4 Å². The third-order valence-corrected chi connectivity index (χ3v) is 5.98. The second-order valence-electron chi connectivity index (χ2n) is 7.47. The van der Waals surface area contributed by atoms with Crippen molar-refractivity contribution in [3.8, 4) is 11.1 Å². The third-order valence-electron chi connectivity index (χ3n) is 5.75. The predicted octanol–water partition coefficient (Wildman–Crippen LogP) is 4.88. The number of carbonyl (C=O) groups excluding carboxylic acids is 2. The van der Waals surface area contributed by atoms with Gasteiger partial charge in [-0.25, -0.2) is 4.39 Å². The van der Waals surface area contributed by atoms with E-state index in [0.29, 0.717) is 41.0 Å². The number of halogens is 2. The first kappa shape index (κ1) is 18.3. The third kappa shape index (κ3) is 2.91. The molecule has 2 heterocycles. The molecule has 140 valence electrons. The summed E-state index contributed by atoms with van der Waals surface area (Å²) in [5, 5.41) is 0.339. The molecule has 3 atom stereocenters. The molecule has 3 nitrogen and oxygen atoms in total. The minimum Gasteiger partial charge on any atom is -0.356 e. The molecule has 2 bridgehead atoms. The van der Waals surface area contributed by atoms with Gasteiger partial charge in [0.1, 0.15) is 23.4 Å². The van der Waals surface area contributed by atoms with Crippen molar-refractivity contribution >= 4 is 23.2 Å². The minimum absolute atomic E-state index is 0.157. The van der Waals surface area contributed by atoms with E-state index in [1.807, 2.05) is 13.0 Å². The van der Waals surface area contributed by atoms with Crippen LogP contribution in [-0.2, 0) is 20.7 Å². The first-order chi connectivity index (χ1) is 12.8. The molecule has 0 spiro atoms. The molecule has 0 amide bonds. The largest absolute Gasteiger partial charge is 0.356 e. The Balaban J connectivity index is 1.78. The molecular weight excluding hydrogens is 367 g/mol. The summed E-state index contributed by atoms with van der Waals surface area (Å²) in [6.45, 7) is 3.74. The Morgan fingerprint density at radius 2 is 2.00 bits per heavy atom. The molecule has 5 heteroatoms. The molecule has 2 aliphatic rings. The molecular formula is C22H20ClFO3. The van der Waals surface area contributed by atoms with Gasteiger partial charge in [0.25, 0.3) is 0 Å². The van der Waals surface area contributed by atoms with Gasteiger partial charge in [-0.3, -0.25) is 9.59 Å². The molecule has 2 aromatic carbocycles. The lowest BCUT2D eigenvalue weighted by atomic mass is 9.78. The summed E-state index contributed by atoms with van der Waals surface area (Å²) in [6, 6.07) is 9.97. The van der Waals surface area contributed by atoms with E-state index in [9.17, 15) is 14.0 Å². The number of benzene rings is 2. The summed E-state index contributed by atoms with van der Waals surface area (Å²) in [4.78, 5) is 25.8. The van der Waals surface area contributed by atoms with Gasteiger partial charge in [0, 0.05) is 10.6 Å². The first-order valence-corrected chi connectivity index (χ1v) is 9.56. The summed E-state index contributed by atoms with van der Waals surface area (Å²) in [6.07, 6.45) is 1.30. The van der Waals surface area contributed by atoms with Crippen LogP contribution < -0.4 is 0 Å². The van der Waals surface area contributed by atoms with Crippen molar-refractivity contribution in [3.05, 3.63) is 58.4 Å². The van der Waals surface area contributed by atoms with Crippen LogP contribution >= 0.6 is 11.6 Å². The van der Waals surface area contributed by atoms with Gasteiger partial charge < -0.3 is 4.74 Å². The van der Waals surface area contributed by atoms with Gasteiger partial charge in [-0.1, -0.05) is 36.7 Å². The molecule has 0 aromatic heterocycles. The second kappa shape index (κ2) is 6.54. The lowest BCUT2D eigenvalue weighted by molar-refractivity contribution is -0.160. The van der Waals surface area contributed by atoms with Gasteiger partial charge in [-0.2, -0.15) is 0 Å². The fourth-order valence-corrected chi connectivity index (χ4v) is 4.38. The fraction of sp³-hybridized carbons (Fsp3) is 0.364. The molecule has 2 aromatic rings. The summed E-state index contributed by atoms with van der Waals surface area (Å²) in [5.74, 6) is -1.52. The zero-order chi connectivity index (χ0) is 19.3. The van der Waals surface area contributed by atoms with Crippen molar-refractivity contribution in [3.63, 3.8) is 0 Å². The maximum Gasteiger partial charge on any atom is 0.179 e. The lowest BCUT2D eigenvalue weighted by Crippen LogP contribution is -2.49. The molecule has 4 rings (SSSR count). The van der Waals surface area contributed by atoms with E-state index < -0.39 is 23.4 Å². The Morgan fingerprint density at radius 1 is 1.22 bits per heavy atom. The highest BCUT2D eigenvalue weighted by atomic mass is 35.5. The smallest absolute Gasteiger partial charge is 0.179 e. The summed E-state index contributed by atoms with van der Waals surface area (Å²) in [5.41, 5.74) is 1.85. The van der Waals surface area contributed by atoms with Gasteiger partial charge in [-0.15, -0.1) is 0 Å². The SMILES string of the molecule is CCc1cc(-c2ccc(Cl)cc2F)ccc1C1C(=O)[C@@H]2CC[C@@](C)(O2)C1=O. The highest BCUT2D eigenvalue weighted by Gasteiger charge is 2.55. The number of hydrogen-bond acceptors (Lipinski definition) is 3. The van der Waals surface area contributed by atoms with E-state index in [2.05, 4.69) is 0 Å². The molecule has 0 aliphatic carbocycles. The number of hydrogen-bond donors (Lipinski definition) is 0. The quantitative estimate of drug-likeness (QED) is 0.706. The number of fused-ring (bicyclic) bond motifs is 2. The van der Waals surface area contributed by atoms with Crippen LogP contribution in [0, 0.1) is 5.82 Å². The van der Waals surface area contributed by atoms with Gasteiger partial charge in [0.2, 0.25) is 0 Å². The second-order valence-corrected chi connectivity index (χ2v) is 7.90. The normalized spacial score (nSPS) is 27.3. The van der Waals surface area contributed by atoms with Crippen molar-refractivity contribution in [1.29, 1.82) is 0 Å². The fourth-order valence-electron chi connectivity index (χ4n) is 4.22. The van der Waals surface area contributed by atoms with Crippen molar-refractivity contribution in [2.45, 2.75) is 50.7 Å². The molecule has 27 heavy (non-hydrogen) atoms. The molecule has 0 radical (unpaired) electrons. The van der Waals surface area contributed by atoms with E-state index in [4.69, 9.17) is 16.3 Å². The van der Waals surface area contributed by atoms with Gasteiger partial charge >= 0.3 is 0 Å². The number of ketones is 2. The van der Waals surface area contributed by atoms with Crippen LogP contribution in [0.15, 0.2) is 36.4 Å². The van der Waals surface area contributed by atoms with Gasteiger partial charge in [-0.05, 0) is 61.1 Å². The molecule has 2 aliphatic heterocycles. The number of ether oxygens (including phenoxy) is 1. The van der Waals surface area contributed by atoms with Crippen LogP contribution in [0.2, 0.25) is 5.02 Å². The van der Waals surface area contributed by atoms with Crippen molar-refractivity contribution in [2.75, 3.05) is 0 Å². The minimum atomic E-state index is -0.880. The van der Waals surface area contributed by atoms with Gasteiger partial charge in [0.15, 0.2) is 11.6 Å². The first-order valence-electron chi connectivity index (χ1n) is 9.18. The Kier molecular flexibility index (Phi) is 4.44. The average molecular weight is 387 g/mol. The lowest BCUT2D eigenvalue weighted by Gasteiger charge is -2.34. The van der Waals surface area contributed by atoms with E-state index in [0.717, 1.165) is 5.56 Å². The summed E-state index contributed by atoms with van der Waals surface area (Å²) < 4.78 is 20.0. The van der Waals surface area contributed by atoms with Crippen molar-refractivity contribution in [1.82, 2.24) is 0 Å². The molecule has 0 N–H and O–H groups in total. The Labute approximate surface area is 162 Å². The van der Waals surface area contributed by atoms with Crippen LogP contribution in [0.4, 0.5) is 4.39 Å². The number of Topliss-reactive ketones (excluding diaryl/α,β-unsaturated/α-hetero) is 2. The highest BCUT2D eigenvalue weighted by molar-refractivity contribution is 6.30. The maximum absolute atomic E-state index is 14.3. The van der Waals surface area contributed by atoms with E-state index >= 15 is 0 Å². The monoisotopic (exact) mass is 386 g/mol. The number of carbonyl (C=O) groups is 2. The average Bonchev–Trinajstić information content (AvgIpc) is 3.02. The van der Waals surface area contributed by atoms with Crippen LogP contribution in [0.1, 0.15) is 43.7 Å². The zero-order valence-corrected chi connectivity index (χ0v) is 16.0. The Bertz CT molecular complexity index is 955. The molecule has 0 saturated carbocycles. The zero-order valence-electron chi connectivity index (χ0n) is 15.2. The number of rotatable bonds is 3. The van der Waals surface area contributed by atoms with Crippen LogP contribution in [0.5, 0.6) is 0 Å². The van der Waals surface area contributed by atoms with Crippen molar-refractivity contribution < 1.29 is 18.7 Å². The van der Waals surface area contributed by atoms with E-state index in [1.165, 1.54) is 6.07 Å². The molecule has 1 unspecified atom stereocenters. The van der Waals surface area contributed by atoms with E-state index in [-0.39, 0.29) is 11.6 Å². The number of aryl methyl sites for hydroxylation is 1. The van der Waals surface area contributed by atoms with Gasteiger partial charge in [0.05, 0.1) is 0 Å². The van der Waals surface area contributed by atoms with Crippen LogP contribution in [0.3, 0.4) is 0 Å². The maximum atomic E-state index is 14.3. The van der Waals surface area contributed by atoms with E-state index in [1.54, 1.807) is 31.2 Å². The predicted molar refractivity (Wildman–Crippen MR) is 101 cm³/mol. The van der Waals surface area contributed by atoms with Crippen LogP contribution in [0.25, 0.3) is 11.1 Å². The molecule has 2 fully saturated rings. The standard InChI is InChI=1S/C22H20ClFO3/c1-3-12-10-13(15-7-5-14(23)11-17(15)24)4-6-16(12)19-20(25)18-8-9-22(2,27-18)21(19)26/h4-7,10-11,18-19H,3,8-9H2,1-2H3/t18-,19?,22+/m0/s1. The summed E-state index contributed by atoms with van der Waals surface area (Å²) in [7, 11) is 0. The van der Waals surface area contributed by atoms with Crippen molar-refractivity contribution in [2.24, 2.45) is 0 Å².